The van der Waals surface area contributed by atoms with Crippen molar-refractivity contribution >= 4 is 22.1 Å². The van der Waals surface area contributed by atoms with Crippen LogP contribution < -0.4 is 5.32 Å². The Balaban J connectivity index is 2.43. The van der Waals surface area contributed by atoms with Gasteiger partial charge in [-0.25, -0.2) is 4.98 Å². The van der Waals surface area contributed by atoms with Crippen molar-refractivity contribution < 1.29 is 4.21 Å². The zero-order valence-corrected chi connectivity index (χ0v) is 12.9. The maximum atomic E-state index is 11.2. The van der Waals surface area contributed by atoms with Crippen LogP contribution in [0, 0.1) is 0 Å². The fourth-order valence-electron chi connectivity index (χ4n) is 1.25. The number of nitrogens with zero attached hydrogens (tertiary/aromatic N) is 1. The number of rotatable bonds is 5. The second kappa shape index (κ2) is 6.07. The van der Waals surface area contributed by atoms with Crippen LogP contribution in [-0.2, 0) is 22.8 Å². The van der Waals surface area contributed by atoms with E-state index in [0.717, 1.165) is 13.1 Å². The Morgan fingerprint density at radius 1 is 1.53 bits per heavy atom. The Morgan fingerprint density at radius 3 is 2.65 bits per heavy atom. The van der Waals surface area contributed by atoms with Gasteiger partial charge in [0.15, 0.2) is 0 Å². The third-order valence-corrected chi connectivity index (χ3v) is 5.22. The normalized spacial score (nSPS) is 15.8. The van der Waals surface area contributed by atoms with Gasteiger partial charge >= 0.3 is 0 Å². The molecule has 0 bridgehead atoms. The monoisotopic (exact) mass is 274 g/mol. The lowest BCUT2D eigenvalue weighted by atomic mass is 9.98. The lowest BCUT2D eigenvalue weighted by Crippen LogP contribution is -2.26. The number of aromatic nitrogens is 1. The molecule has 0 aliphatic heterocycles. The van der Waals surface area contributed by atoms with E-state index in [-0.39, 0.29) is 10.7 Å². The lowest BCUT2D eigenvalue weighted by molar-refractivity contribution is 0.585. The summed E-state index contributed by atoms with van der Waals surface area (Å²) in [7, 11) is -0.752. The molecule has 0 aliphatic carbocycles. The van der Waals surface area contributed by atoms with Crippen molar-refractivity contribution in [2.24, 2.45) is 0 Å². The van der Waals surface area contributed by atoms with Gasteiger partial charge in [-0.2, -0.15) is 0 Å². The van der Waals surface area contributed by atoms with Gasteiger partial charge < -0.3 is 5.32 Å². The zero-order chi connectivity index (χ0) is 13.1. The molecular formula is C12H22N2OS2. The van der Waals surface area contributed by atoms with E-state index >= 15 is 0 Å². The predicted molar refractivity (Wildman–Crippen MR) is 76.0 cm³/mol. The maximum absolute atomic E-state index is 11.2. The largest absolute Gasteiger partial charge is 0.311 e. The van der Waals surface area contributed by atoms with Gasteiger partial charge in [0.2, 0.25) is 0 Å². The number of nitrogens with one attached hydrogen (secondary N) is 1. The molecule has 1 N–H and O–H groups in total. The molecule has 2 unspecified atom stereocenters. The highest BCUT2D eigenvalue weighted by molar-refractivity contribution is 7.84. The quantitative estimate of drug-likeness (QED) is 0.896. The summed E-state index contributed by atoms with van der Waals surface area (Å²) in [6.07, 6.45) is 3.68. The third kappa shape index (κ3) is 4.85. The zero-order valence-electron chi connectivity index (χ0n) is 11.2. The van der Waals surface area contributed by atoms with Crippen LogP contribution in [-0.4, -0.2) is 27.2 Å². The first kappa shape index (κ1) is 14.8. The van der Waals surface area contributed by atoms with Crippen molar-refractivity contribution in [1.82, 2.24) is 10.3 Å². The minimum Gasteiger partial charge on any atom is -0.311 e. The van der Waals surface area contributed by atoms with Gasteiger partial charge in [0.1, 0.15) is 0 Å². The summed E-state index contributed by atoms with van der Waals surface area (Å²) in [5.41, 5.74) is 0.126. The van der Waals surface area contributed by atoms with Crippen LogP contribution in [0.1, 0.15) is 37.6 Å². The van der Waals surface area contributed by atoms with Gasteiger partial charge in [0.05, 0.1) is 5.01 Å². The average molecular weight is 274 g/mol. The van der Waals surface area contributed by atoms with Crippen LogP contribution in [0.2, 0.25) is 0 Å². The van der Waals surface area contributed by atoms with Gasteiger partial charge in [-0.3, -0.25) is 4.21 Å². The summed E-state index contributed by atoms with van der Waals surface area (Å²) in [5.74, 6) is 0. The molecule has 0 amide bonds. The molecule has 98 valence electrons. The minimum atomic E-state index is -0.752. The molecule has 0 spiro atoms. The minimum absolute atomic E-state index is 0.126. The lowest BCUT2D eigenvalue weighted by Gasteiger charge is -2.13. The molecule has 0 fully saturated rings. The molecule has 1 aromatic rings. The first-order valence-corrected chi connectivity index (χ1v) is 8.22. The van der Waals surface area contributed by atoms with Crippen molar-refractivity contribution in [3.63, 3.8) is 0 Å². The highest BCUT2D eigenvalue weighted by Gasteiger charge is 2.17. The first-order chi connectivity index (χ1) is 7.80. The van der Waals surface area contributed by atoms with Gasteiger partial charge in [-0.05, 0) is 6.92 Å². The average Bonchev–Trinajstić information content (AvgIpc) is 2.65. The van der Waals surface area contributed by atoms with Crippen molar-refractivity contribution in [2.75, 3.05) is 12.8 Å². The predicted octanol–water partition coefficient (Wildman–Crippen LogP) is 2.30. The molecule has 5 heteroatoms. The SMILES string of the molecule is CC(CNCc1cnc(C(C)(C)C)s1)S(C)=O. The molecule has 1 rings (SSSR count). The van der Waals surface area contributed by atoms with Gasteiger partial charge in [-0.15, -0.1) is 11.3 Å². The fourth-order valence-corrected chi connectivity index (χ4v) is 2.54. The van der Waals surface area contributed by atoms with Crippen LogP contribution >= 0.6 is 11.3 Å². The first-order valence-electron chi connectivity index (χ1n) is 5.79. The highest BCUT2D eigenvalue weighted by atomic mass is 32.2. The van der Waals surface area contributed by atoms with E-state index in [0.29, 0.717) is 0 Å². The van der Waals surface area contributed by atoms with Gasteiger partial charge in [-0.1, -0.05) is 20.8 Å². The molecule has 0 saturated heterocycles. The topological polar surface area (TPSA) is 42.0 Å². The Bertz CT molecular complexity index is 382. The van der Waals surface area contributed by atoms with Crippen molar-refractivity contribution in [2.45, 2.75) is 44.9 Å². The number of thiazole rings is 1. The van der Waals surface area contributed by atoms with Gasteiger partial charge in [0.25, 0.3) is 0 Å². The second-order valence-corrected chi connectivity index (χ2v) is 8.24. The number of hydrogen-bond acceptors (Lipinski definition) is 4. The molecule has 1 heterocycles. The second-order valence-electron chi connectivity index (χ2n) is 5.32. The highest BCUT2D eigenvalue weighted by Crippen LogP contribution is 2.26. The van der Waals surface area contributed by atoms with Crippen molar-refractivity contribution in [3.8, 4) is 0 Å². The Hall–Kier alpha value is -0.260. The fraction of sp³-hybridized carbons (Fsp3) is 0.750. The van der Waals surface area contributed by atoms with E-state index in [4.69, 9.17) is 0 Å². The number of hydrogen-bond donors (Lipinski definition) is 1. The van der Waals surface area contributed by atoms with E-state index in [1.807, 2.05) is 13.1 Å². The molecule has 0 aromatic carbocycles. The summed E-state index contributed by atoms with van der Waals surface area (Å²) < 4.78 is 11.2. The summed E-state index contributed by atoms with van der Waals surface area (Å²) in [5, 5.41) is 4.69. The van der Waals surface area contributed by atoms with Crippen LogP contribution in [0.25, 0.3) is 0 Å². The van der Waals surface area contributed by atoms with E-state index in [2.05, 4.69) is 31.1 Å². The van der Waals surface area contributed by atoms with Crippen molar-refractivity contribution in [1.29, 1.82) is 0 Å². The standard InChI is InChI=1S/C12H22N2OS2/c1-9(17(5)15)6-13-7-10-8-14-11(16-10)12(2,3)4/h8-9,13H,6-7H2,1-5H3. The molecule has 1 aromatic heterocycles. The molecule has 2 atom stereocenters. The Labute approximate surface area is 111 Å². The van der Waals surface area contributed by atoms with Crippen LogP contribution in [0.4, 0.5) is 0 Å². The van der Waals surface area contributed by atoms with Gasteiger partial charge in [0, 0.05) is 51.9 Å². The van der Waals surface area contributed by atoms with Crippen LogP contribution in [0.3, 0.4) is 0 Å². The smallest absolute Gasteiger partial charge is 0.0981 e. The molecule has 0 saturated carbocycles. The van der Waals surface area contributed by atoms with Crippen LogP contribution in [0.15, 0.2) is 6.20 Å². The molecule has 0 aliphatic rings. The van der Waals surface area contributed by atoms with E-state index < -0.39 is 10.8 Å². The Morgan fingerprint density at radius 2 is 2.18 bits per heavy atom. The maximum Gasteiger partial charge on any atom is 0.0981 e. The summed E-state index contributed by atoms with van der Waals surface area (Å²) in [6, 6.07) is 0. The molecular weight excluding hydrogens is 252 g/mol. The molecule has 3 nitrogen and oxygen atoms in total. The van der Waals surface area contributed by atoms with E-state index in [1.54, 1.807) is 17.6 Å². The van der Waals surface area contributed by atoms with E-state index in [9.17, 15) is 4.21 Å². The van der Waals surface area contributed by atoms with Crippen LogP contribution in [0.5, 0.6) is 0 Å². The van der Waals surface area contributed by atoms with Crippen molar-refractivity contribution in [3.05, 3.63) is 16.1 Å². The third-order valence-electron chi connectivity index (χ3n) is 2.49. The summed E-state index contributed by atoms with van der Waals surface area (Å²) >= 11 is 1.75. The summed E-state index contributed by atoms with van der Waals surface area (Å²) in [6.45, 7) is 10.1. The Kier molecular flexibility index (Phi) is 5.28. The molecule has 0 radical (unpaired) electrons. The summed E-state index contributed by atoms with van der Waals surface area (Å²) in [4.78, 5) is 5.68. The van der Waals surface area contributed by atoms with E-state index in [1.165, 1.54) is 9.88 Å². The molecule has 17 heavy (non-hydrogen) atoms.